The zero-order valence-corrected chi connectivity index (χ0v) is 30.7. The van der Waals surface area contributed by atoms with E-state index in [0.29, 0.717) is 12.8 Å². The van der Waals surface area contributed by atoms with Gasteiger partial charge in [0.25, 0.3) is 0 Å². The van der Waals surface area contributed by atoms with Gasteiger partial charge in [-0.2, -0.15) is 0 Å². The normalized spacial score (nSPS) is 12.0. The van der Waals surface area contributed by atoms with E-state index in [1.807, 2.05) is 0 Å². The van der Waals surface area contributed by atoms with Crippen LogP contribution < -0.4 is 0 Å². The molecule has 0 spiro atoms. The Morgan fingerprint density at radius 3 is 1.00 bits per heavy atom. The summed E-state index contributed by atoms with van der Waals surface area (Å²) in [5.41, 5.74) is 0. The Hall–Kier alpha value is -1.06. The molecule has 0 aromatic heterocycles. The lowest BCUT2D eigenvalue weighted by Gasteiger charge is -2.17. The molecule has 0 aliphatic heterocycles. The molecule has 0 rings (SSSR count). The molecule has 4 heteroatoms. The SMILES string of the molecule is CCCCCCCCCCCCCCCCCCCCCCCC(=O)OC(CCCCCCCCCCCCC)CCC(=O)O. The summed E-state index contributed by atoms with van der Waals surface area (Å²) >= 11 is 0. The van der Waals surface area contributed by atoms with Gasteiger partial charge in [-0.3, -0.25) is 9.59 Å². The zero-order chi connectivity index (χ0) is 32.9. The van der Waals surface area contributed by atoms with Gasteiger partial charge < -0.3 is 9.84 Å². The molecule has 0 amide bonds. The predicted octanol–water partition coefficient (Wildman–Crippen LogP) is 14.1. The summed E-state index contributed by atoms with van der Waals surface area (Å²) in [6.07, 6.45) is 44.2. The number of carbonyl (C=O) groups excluding carboxylic acids is 1. The van der Waals surface area contributed by atoms with Gasteiger partial charge in [0.1, 0.15) is 6.10 Å². The van der Waals surface area contributed by atoms with Crippen molar-refractivity contribution in [2.24, 2.45) is 0 Å². The maximum Gasteiger partial charge on any atom is 0.306 e. The minimum atomic E-state index is -0.806. The third-order valence-electron chi connectivity index (χ3n) is 9.59. The predicted molar refractivity (Wildman–Crippen MR) is 195 cm³/mol. The number of carboxylic acid groups (broad SMARTS) is 1. The molecule has 0 saturated heterocycles. The standard InChI is InChI=1S/C41H80O4/c1-3-5-7-9-11-13-15-16-17-18-19-20-21-22-23-24-26-28-30-32-34-36-41(44)45-39(37-38-40(42)43)35-33-31-29-27-25-14-12-10-8-6-4-2/h39H,3-38H2,1-2H3,(H,42,43). The van der Waals surface area contributed by atoms with Crippen LogP contribution in [0.3, 0.4) is 0 Å². The number of esters is 1. The third-order valence-corrected chi connectivity index (χ3v) is 9.59. The molecule has 0 fully saturated rings. The molecule has 45 heavy (non-hydrogen) atoms. The van der Waals surface area contributed by atoms with E-state index in [1.54, 1.807) is 0 Å². The fourth-order valence-corrected chi connectivity index (χ4v) is 6.53. The van der Waals surface area contributed by atoms with E-state index in [-0.39, 0.29) is 18.5 Å². The van der Waals surface area contributed by atoms with Crippen LogP contribution in [0.2, 0.25) is 0 Å². The van der Waals surface area contributed by atoms with Gasteiger partial charge in [0.15, 0.2) is 0 Å². The lowest BCUT2D eigenvalue weighted by atomic mass is 10.0. The number of ether oxygens (including phenoxy) is 1. The fourth-order valence-electron chi connectivity index (χ4n) is 6.53. The van der Waals surface area contributed by atoms with Gasteiger partial charge in [0.05, 0.1) is 0 Å². The number of carboxylic acids is 1. The Morgan fingerprint density at radius 1 is 0.400 bits per heavy atom. The van der Waals surface area contributed by atoms with Gasteiger partial charge in [0.2, 0.25) is 0 Å². The Morgan fingerprint density at radius 2 is 0.689 bits per heavy atom. The van der Waals surface area contributed by atoms with Crippen LogP contribution in [0.5, 0.6) is 0 Å². The molecule has 0 aliphatic rings. The smallest absolute Gasteiger partial charge is 0.306 e. The first kappa shape index (κ1) is 43.9. The van der Waals surface area contributed by atoms with Crippen molar-refractivity contribution in [2.45, 2.75) is 251 Å². The molecule has 0 aromatic carbocycles. The van der Waals surface area contributed by atoms with Gasteiger partial charge in [-0.25, -0.2) is 0 Å². The second kappa shape index (κ2) is 37.4. The first-order chi connectivity index (χ1) is 22.1. The monoisotopic (exact) mass is 637 g/mol. The van der Waals surface area contributed by atoms with E-state index >= 15 is 0 Å². The third kappa shape index (κ3) is 37.3. The van der Waals surface area contributed by atoms with E-state index in [1.165, 1.54) is 180 Å². The highest BCUT2D eigenvalue weighted by Crippen LogP contribution is 2.18. The Labute approximate surface area is 282 Å². The lowest BCUT2D eigenvalue weighted by molar-refractivity contribution is -0.151. The first-order valence-corrected chi connectivity index (χ1v) is 20.5. The summed E-state index contributed by atoms with van der Waals surface area (Å²) in [6.45, 7) is 4.55. The molecule has 0 aromatic rings. The second-order valence-corrected chi connectivity index (χ2v) is 14.2. The Balaban J connectivity index is 3.59. The molecule has 0 bridgehead atoms. The molecular formula is C41H80O4. The van der Waals surface area contributed by atoms with Crippen molar-refractivity contribution in [3.63, 3.8) is 0 Å². The van der Waals surface area contributed by atoms with Gasteiger partial charge in [0, 0.05) is 12.8 Å². The van der Waals surface area contributed by atoms with Crippen LogP contribution in [0.4, 0.5) is 0 Å². The van der Waals surface area contributed by atoms with Gasteiger partial charge in [-0.1, -0.05) is 206 Å². The second-order valence-electron chi connectivity index (χ2n) is 14.2. The van der Waals surface area contributed by atoms with Crippen molar-refractivity contribution in [3.05, 3.63) is 0 Å². The number of rotatable bonds is 38. The number of aliphatic carboxylic acids is 1. The summed E-state index contributed by atoms with van der Waals surface area (Å²) in [5, 5.41) is 9.10. The number of unbranched alkanes of at least 4 members (excludes halogenated alkanes) is 30. The molecule has 268 valence electrons. The molecule has 1 N–H and O–H groups in total. The van der Waals surface area contributed by atoms with Crippen LogP contribution in [-0.2, 0) is 14.3 Å². The van der Waals surface area contributed by atoms with Crippen molar-refractivity contribution in [1.82, 2.24) is 0 Å². The van der Waals surface area contributed by atoms with Crippen molar-refractivity contribution in [3.8, 4) is 0 Å². The minimum Gasteiger partial charge on any atom is -0.481 e. The minimum absolute atomic E-state index is 0.0787. The Bertz CT molecular complexity index is 604. The van der Waals surface area contributed by atoms with Crippen LogP contribution in [0.15, 0.2) is 0 Å². The fraction of sp³-hybridized carbons (Fsp3) is 0.951. The van der Waals surface area contributed by atoms with E-state index in [0.717, 1.165) is 32.1 Å². The lowest BCUT2D eigenvalue weighted by Crippen LogP contribution is -2.19. The molecule has 4 nitrogen and oxygen atoms in total. The van der Waals surface area contributed by atoms with Crippen LogP contribution >= 0.6 is 0 Å². The number of hydrogen-bond donors (Lipinski definition) is 1. The van der Waals surface area contributed by atoms with Crippen molar-refractivity contribution in [2.75, 3.05) is 0 Å². The van der Waals surface area contributed by atoms with Crippen molar-refractivity contribution in [1.29, 1.82) is 0 Å². The molecule has 1 unspecified atom stereocenters. The Kier molecular flexibility index (Phi) is 36.5. The highest BCUT2D eigenvalue weighted by atomic mass is 16.5. The van der Waals surface area contributed by atoms with E-state index in [4.69, 9.17) is 9.84 Å². The number of carbonyl (C=O) groups is 2. The average molecular weight is 637 g/mol. The van der Waals surface area contributed by atoms with Crippen molar-refractivity contribution >= 4 is 11.9 Å². The molecule has 1 atom stereocenters. The van der Waals surface area contributed by atoms with E-state index < -0.39 is 5.97 Å². The highest BCUT2D eigenvalue weighted by Gasteiger charge is 2.16. The summed E-state index contributed by atoms with van der Waals surface area (Å²) in [7, 11) is 0. The van der Waals surface area contributed by atoms with Gasteiger partial charge in [-0.05, 0) is 25.7 Å². The maximum absolute atomic E-state index is 12.4. The summed E-state index contributed by atoms with van der Waals surface area (Å²) < 4.78 is 5.73. The molecular weight excluding hydrogens is 556 g/mol. The first-order valence-electron chi connectivity index (χ1n) is 20.5. The summed E-state index contributed by atoms with van der Waals surface area (Å²) in [4.78, 5) is 23.5. The maximum atomic E-state index is 12.4. The number of hydrogen-bond acceptors (Lipinski definition) is 3. The molecule has 0 heterocycles. The van der Waals surface area contributed by atoms with Gasteiger partial charge >= 0.3 is 11.9 Å². The highest BCUT2D eigenvalue weighted by molar-refractivity contribution is 5.69. The quantitative estimate of drug-likeness (QED) is 0.0541. The van der Waals surface area contributed by atoms with Crippen molar-refractivity contribution < 1.29 is 19.4 Å². The zero-order valence-electron chi connectivity index (χ0n) is 30.7. The molecule has 0 radical (unpaired) electrons. The van der Waals surface area contributed by atoms with Gasteiger partial charge in [-0.15, -0.1) is 0 Å². The van der Waals surface area contributed by atoms with Crippen LogP contribution in [0.1, 0.15) is 245 Å². The van der Waals surface area contributed by atoms with Crippen LogP contribution in [0, 0.1) is 0 Å². The largest absolute Gasteiger partial charge is 0.481 e. The van der Waals surface area contributed by atoms with Crippen LogP contribution in [0.25, 0.3) is 0 Å². The van der Waals surface area contributed by atoms with Crippen LogP contribution in [-0.4, -0.2) is 23.1 Å². The summed E-state index contributed by atoms with van der Waals surface area (Å²) in [6, 6.07) is 0. The molecule has 0 aliphatic carbocycles. The van der Waals surface area contributed by atoms with E-state index in [2.05, 4.69) is 13.8 Å². The molecule has 0 saturated carbocycles. The summed E-state index contributed by atoms with van der Waals surface area (Å²) in [5.74, 6) is -0.939. The average Bonchev–Trinajstić information content (AvgIpc) is 3.03. The topological polar surface area (TPSA) is 63.6 Å². The van der Waals surface area contributed by atoms with E-state index in [9.17, 15) is 9.59 Å².